The predicted octanol–water partition coefficient (Wildman–Crippen LogP) is -0.221. The van der Waals surface area contributed by atoms with Crippen LogP contribution in [0, 0.1) is 4.91 Å². The molecule has 2 nitrogen and oxygen atoms in total. The molecule has 0 spiro atoms. The van der Waals surface area contributed by atoms with Gasteiger partial charge in [-0.1, -0.05) is 0 Å². The van der Waals surface area contributed by atoms with Crippen molar-refractivity contribution in [1.82, 2.24) is 0 Å². The lowest BCUT2D eigenvalue weighted by atomic mass is 11.0. The second-order valence-electron chi connectivity index (χ2n) is 0.929. The molecule has 4 heavy (non-hydrogen) atoms. The maximum absolute atomic E-state index is 9.47. The molecule has 0 aliphatic carbocycles. The minimum Gasteiger partial charge on any atom is 0.0116 e. The number of hydrogen-bond acceptors (Lipinski definition) is 1. The van der Waals surface area contributed by atoms with Gasteiger partial charge in [0.15, 0.2) is 0 Å². The average Bonchev–Trinajstić information content (AvgIpc) is 1.75. The average molecular weight is 58.1 g/mol. The molecule has 1 fully saturated rings. The molecule has 2 heteroatoms. The smallest absolute Gasteiger partial charge is 0.0116 e. The minimum atomic E-state index is 0.764. The Morgan fingerprint density at radius 2 is 1.75 bits per heavy atom. The summed E-state index contributed by atoms with van der Waals surface area (Å²) in [5.74, 6) is 0. The third-order valence-corrected chi connectivity index (χ3v) is 0.406. The quantitative estimate of drug-likeness (QED) is 0.278. The fraction of sp³-hybridized carbons (Fsp3) is 1.00. The van der Waals surface area contributed by atoms with Crippen LogP contribution in [0.25, 0.3) is 0 Å². The summed E-state index contributed by atoms with van der Waals surface area (Å²) in [6, 6.07) is 0. The van der Waals surface area contributed by atoms with Crippen LogP contribution in [0.4, 0.5) is 0 Å². The number of nitroso groups, excluding NO2 is 1. The molecule has 0 amide bonds. The standard InChI is InChI=1S/C2H4NO/c4-3-1-2-3/h1-2H2/q+1. The highest BCUT2D eigenvalue weighted by molar-refractivity contribution is 4.32. The molecule has 0 radical (unpaired) electrons. The van der Waals surface area contributed by atoms with Crippen LogP contribution in [0.2, 0.25) is 0 Å². The number of hydrogen-bond donors (Lipinski definition) is 0. The van der Waals surface area contributed by atoms with Gasteiger partial charge in [-0.25, -0.2) is 0 Å². The Morgan fingerprint density at radius 1 is 1.50 bits per heavy atom. The fourth-order valence-electron chi connectivity index (χ4n) is 0.0408. The summed E-state index contributed by atoms with van der Waals surface area (Å²) in [6.07, 6.45) is 0. The van der Waals surface area contributed by atoms with Crippen molar-refractivity contribution in [2.45, 2.75) is 0 Å². The SMILES string of the molecule is O=[N+]1CC1. The molecular weight excluding hydrogens is 54.0 g/mol. The van der Waals surface area contributed by atoms with Gasteiger partial charge in [-0.2, -0.15) is 0 Å². The van der Waals surface area contributed by atoms with Gasteiger partial charge in [-0.15, -0.1) is 0 Å². The lowest BCUT2D eigenvalue weighted by molar-refractivity contribution is -0.360. The van der Waals surface area contributed by atoms with Gasteiger partial charge in [0.1, 0.15) is 0 Å². The van der Waals surface area contributed by atoms with Crippen LogP contribution in [0.15, 0.2) is 0 Å². The monoisotopic (exact) mass is 58.0 g/mol. The maximum atomic E-state index is 9.47. The van der Waals surface area contributed by atoms with Crippen molar-refractivity contribution in [3.63, 3.8) is 0 Å². The van der Waals surface area contributed by atoms with Crippen LogP contribution < -0.4 is 0 Å². The third kappa shape index (κ3) is 0.0852. The van der Waals surface area contributed by atoms with Crippen LogP contribution in [0.3, 0.4) is 0 Å². The molecular formula is C2H4NO+. The van der Waals surface area contributed by atoms with E-state index >= 15 is 0 Å². The predicted molar refractivity (Wildman–Crippen MR) is 13.4 cm³/mol. The van der Waals surface area contributed by atoms with E-state index in [-0.39, 0.29) is 0 Å². The first-order valence-corrected chi connectivity index (χ1v) is 1.32. The molecule has 0 aromatic rings. The van der Waals surface area contributed by atoms with Crippen LogP contribution in [-0.2, 0) is 0 Å². The van der Waals surface area contributed by atoms with Crippen molar-refractivity contribution in [1.29, 1.82) is 0 Å². The zero-order valence-electron chi connectivity index (χ0n) is 2.27. The van der Waals surface area contributed by atoms with E-state index in [4.69, 9.17) is 0 Å². The molecule has 0 unspecified atom stereocenters. The first-order valence-electron chi connectivity index (χ1n) is 1.32. The van der Waals surface area contributed by atoms with Crippen LogP contribution in [0.5, 0.6) is 0 Å². The Bertz CT molecular complexity index is 44.0. The lowest BCUT2D eigenvalue weighted by Crippen LogP contribution is -1.52. The minimum absolute atomic E-state index is 0.764. The Hall–Kier alpha value is -0.400. The summed E-state index contributed by atoms with van der Waals surface area (Å²) in [5, 5.41) is 0. The molecule has 0 aromatic heterocycles. The van der Waals surface area contributed by atoms with E-state index in [1.165, 1.54) is 0 Å². The zero-order chi connectivity index (χ0) is 2.99. The topological polar surface area (TPSA) is 20.1 Å². The van der Waals surface area contributed by atoms with Gasteiger partial charge in [0.2, 0.25) is 0 Å². The van der Waals surface area contributed by atoms with Crippen molar-refractivity contribution in [2.24, 2.45) is 0 Å². The van der Waals surface area contributed by atoms with Crippen molar-refractivity contribution in [3.8, 4) is 0 Å². The normalized spacial score (nSPS) is 21.5. The molecule has 0 aromatic carbocycles. The van der Waals surface area contributed by atoms with Gasteiger partial charge in [0, 0.05) is 9.67 Å². The van der Waals surface area contributed by atoms with Crippen molar-refractivity contribution in [2.75, 3.05) is 13.1 Å². The van der Waals surface area contributed by atoms with Gasteiger partial charge in [0.25, 0.3) is 13.1 Å². The molecule has 0 N–H and O–H groups in total. The molecule has 0 atom stereocenters. The first-order chi connectivity index (χ1) is 1.89. The Balaban J connectivity index is 2.60. The second-order valence-corrected chi connectivity index (χ2v) is 0.929. The number of nitrogens with zero attached hydrogens (tertiary/aromatic N) is 1. The molecule has 1 saturated heterocycles. The Labute approximate surface area is 24.0 Å². The van der Waals surface area contributed by atoms with E-state index in [9.17, 15) is 4.91 Å². The second kappa shape index (κ2) is 0.315. The van der Waals surface area contributed by atoms with Gasteiger partial charge in [-0.3, -0.25) is 0 Å². The summed E-state index contributed by atoms with van der Waals surface area (Å²) in [4.78, 5) is 9.47. The molecule has 1 aliphatic rings. The van der Waals surface area contributed by atoms with Gasteiger partial charge < -0.3 is 0 Å². The van der Waals surface area contributed by atoms with E-state index < -0.39 is 0 Å². The van der Waals surface area contributed by atoms with Crippen molar-refractivity contribution < 1.29 is 4.76 Å². The van der Waals surface area contributed by atoms with Crippen molar-refractivity contribution in [3.05, 3.63) is 4.91 Å². The Kier molecular flexibility index (Phi) is 0.148. The van der Waals surface area contributed by atoms with E-state index in [1.807, 2.05) is 0 Å². The highest BCUT2D eigenvalue weighted by Crippen LogP contribution is 1.85. The Morgan fingerprint density at radius 3 is 1.75 bits per heavy atom. The van der Waals surface area contributed by atoms with E-state index in [2.05, 4.69) is 0 Å². The van der Waals surface area contributed by atoms with Gasteiger partial charge in [0.05, 0.1) is 0 Å². The van der Waals surface area contributed by atoms with Crippen LogP contribution in [-0.4, -0.2) is 17.8 Å². The molecule has 22 valence electrons. The third-order valence-electron chi connectivity index (χ3n) is 0.406. The highest BCUT2D eigenvalue weighted by Gasteiger charge is 2.25. The summed E-state index contributed by atoms with van der Waals surface area (Å²) in [7, 11) is 0. The van der Waals surface area contributed by atoms with Crippen molar-refractivity contribution >= 4 is 0 Å². The zero-order valence-corrected chi connectivity index (χ0v) is 2.27. The molecule has 1 heterocycles. The summed E-state index contributed by atoms with van der Waals surface area (Å²) < 4.78 is 1.00. The summed E-state index contributed by atoms with van der Waals surface area (Å²) in [5.41, 5.74) is 0. The van der Waals surface area contributed by atoms with Crippen LogP contribution in [0.1, 0.15) is 0 Å². The van der Waals surface area contributed by atoms with E-state index in [0.717, 1.165) is 17.8 Å². The molecule has 0 saturated carbocycles. The lowest BCUT2D eigenvalue weighted by Gasteiger charge is -1.21. The maximum Gasteiger partial charge on any atom is 0.254 e. The number of rotatable bonds is 0. The molecule has 0 bridgehead atoms. The highest BCUT2D eigenvalue weighted by atomic mass is 16.3. The summed E-state index contributed by atoms with van der Waals surface area (Å²) in [6.45, 7) is 1.53. The van der Waals surface area contributed by atoms with Gasteiger partial charge >= 0.3 is 0 Å². The first kappa shape index (κ1) is 1.88. The van der Waals surface area contributed by atoms with E-state index in [0.29, 0.717) is 0 Å². The fourth-order valence-corrected chi connectivity index (χ4v) is 0.0408. The van der Waals surface area contributed by atoms with E-state index in [1.54, 1.807) is 0 Å². The largest absolute Gasteiger partial charge is 0.254 e. The van der Waals surface area contributed by atoms with Gasteiger partial charge in [-0.05, 0) is 0 Å². The summed E-state index contributed by atoms with van der Waals surface area (Å²) >= 11 is 0. The molecule has 1 aliphatic heterocycles. The van der Waals surface area contributed by atoms with Crippen LogP contribution >= 0.6 is 0 Å². The molecule has 1 rings (SSSR count).